The van der Waals surface area contributed by atoms with E-state index in [1.165, 1.54) is 10.9 Å². The predicted octanol–water partition coefficient (Wildman–Crippen LogP) is 2.95. The summed E-state index contributed by atoms with van der Waals surface area (Å²) < 4.78 is 5.26. The third-order valence-electron chi connectivity index (χ3n) is 4.51. The third kappa shape index (κ3) is 3.82. The van der Waals surface area contributed by atoms with E-state index in [1.807, 2.05) is 26.1 Å². The Kier molecular flexibility index (Phi) is 4.53. The minimum Gasteiger partial charge on any atom is -0.497 e. The maximum Gasteiger partial charge on any atom is 0.237 e. The lowest BCUT2D eigenvalue weighted by atomic mass is 10.1. The second kappa shape index (κ2) is 6.59. The Labute approximate surface area is 137 Å². The Morgan fingerprint density at radius 2 is 1.96 bits per heavy atom. The van der Waals surface area contributed by atoms with E-state index in [1.54, 1.807) is 7.11 Å². The third-order valence-corrected chi connectivity index (χ3v) is 4.51. The Morgan fingerprint density at radius 3 is 2.65 bits per heavy atom. The predicted molar refractivity (Wildman–Crippen MR) is 92.6 cm³/mol. The second-order valence-corrected chi connectivity index (χ2v) is 6.42. The van der Waals surface area contributed by atoms with Gasteiger partial charge in [-0.05, 0) is 61.3 Å². The van der Waals surface area contributed by atoms with E-state index in [0.29, 0.717) is 6.04 Å². The van der Waals surface area contributed by atoms with Gasteiger partial charge in [-0.2, -0.15) is 0 Å². The molecule has 1 N–H and O–H groups in total. The number of ether oxygens (including phenoxy) is 1. The molecule has 0 aromatic heterocycles. The average Bonchev–Trinajstić information content (AvgIpc) is 3.37. The summed E-state index contributed by atoms with van der Waals surface area (Å²) in [7, 11) is 3.67. The van der Waals surface area contributed by atoms with Gasteiger partial charge in [0.1, 0.15) is 5.75 Å². The maximum atomic E-state index is 12.1. The number of fused-ring (bicyclic) bond motifs is 1. The van der Waals surface area contributed by atoms with Crippen LogP contribution in [0.25, 0.3) is 10.8 Å². The average molecular weight is 312 g/mol. The molecule has 0 aliphatic heterocycles. The van der Waals surface area contributed by atoms with Gasteiger partial charge in [-0.1, -0.05) is 18.2 Å². The number of carbonyl (C=O) groups excluding carboxylic acids is 1. The zero-order chi connectivity index (χ0) is 16.4. The summed E-state index contributed by atoms with van der Waals surface area (Å²) in [5, 5.41) is 5.42. The van der Waals surface area contributed by atoms with Gasteiger partial charge < -0.3 is 10.1 Å². The van der Waals surface area contributed by atoms with E-state index < -0.39 is 0 Å². The van der Waals surface area contributed by atoms with Crippen molar-refractivity contribution in [1.29, 1.82) is 0 Å². The van der Waals surface area contributed by atoms with Crippen molar-refractivity contribution in [3.63, 3.8) is 0 Å². The van der Waals surface area contributed by atoms with Crippen LogP contribution in [-0.2, 0) is 11.3 Å². The standard InChI is InChI=1S/C19H24N2O2/c1-13(19(22)20-17-7-8-17)21(2)12-14-4-5-16-11-18(23-3)9-6-15(16)10-14/h4-6,9-11,13,17H,7-8,12H2,1-3H3,(H,20,22)/t13-/m1/s1. The van der Waals surface area contributed by atoms with E-state index in [9.17, 15) is 4.79 Å². The Morgan fingerprint density at radius 1 is 1.26 bits per heavy atom. The van der Waals surface area contributed by atoms with Crippen LogP contribution in [0.1, 0.15) is 25.3 Å². The second-order valence-electron chi connectivity index (χ2n) is 6.42. The lowest BCUT2D eigenvalue weighted by Crippen LogP contribution is -2.43. The molecule has 1 saturated carbocycles. The number of carbonyl (C=O) groups is 1. The highest BCUT2D eigenvalue weighted by Crippen LogP contribution is 2.23. The minimum absolute atomic E-state index is 0.123. The molecule has 1 aliphatic carbocycles. The molecular formula is C19H24N2O2. The van der Waals surface area contributed by atoms with Crippen molar-refractivity contribution in [2.75, 3.05) is 14.2 Å². The first-order valence-corrected chi connectivity index (χ1v) is 8.14. The van der Waals surface area contributed by atoms with E-state index in [-0.39, 0.29) is 11.9 Å². The smallest absolute Gasteiger partial charge is 0.237 e. The van der Waals surface area contributed by atoms with E-state index in [4.69, 9.17) is 4.74 Å². The number of rotatable bonds is 6. The van der Waals surface area contributed by atoms with Crippen LogP contribution in [0.3, 0.4) is 0 Å². The van der Waals surface area contributed by atoms with Gasteiger partial charge in [-0.15, -0.1) is 0 Å². The van der Waals surface area contributed by atoms with Gasteiger partial charge in [0.2, 0.25) is 5.91 Å². The van der Waals surface area contributed by atoms with Crippen LogP contribution in [-0.4, -0.2) is 37.0 Å². The molecular weight excluding hydrogens is 288 g/mol. The van der Waals surface area contributed by atoms with Crippen LogP contribution in [0, 0.1) is 0 Å². The first-order chi connectivity index (χ1) is 11.1. The van der Waals surface area contributed by atoms with Crippen molar-refractivity contribution in [1.82, 2.24) is 10.2 Å². The minimum atomic E-state index is -0.123. The Balaban J connectivity index is 1.68. The van der Waals surface area contributed by atoms with E-state index >= 15 is 0 Å². The summed E-state index contributed by atoms with van der Waals surface area (Å²) in [5.41, 5.74) is 1.20. The maximum absolute atomic E-state index is 12.1. The van der Waals surface area contributed by atoms with Gasteiger partial charge in [0.05, 0.1) is 13.2 Å². The van der Waals surface area contributed by atoms with Crippen LogP contribution in [0.4, 0.5) is 0 Å². The Hall–Kier alpha value is -2.07. The number of benzene rings is 2. The molecule has 23 heavy (non-hydrogen) atoms. The van der Waals surface area contributed by atoms with Gasteiger partial charge in [0.15, 0.2) is 0 Å². The highest BCUT2D eigenvalue weighted by molar-refractivity contribution is 5.84. The summed E-state index contributed by atoms with van der Waals surface area (Å²) in [6.45, 7) is 2.71. The molecule has 0 bridgehead atoms. The Bertz CT molecular complexity index is 710. The van der Waals surface area contributed by atoms with Crippen LogP contribution >= 0.6 is 0 Å². The fraction of sp³-hybridized carbons (Fsp3) is 0.421. The number of hydrogen-bond acceptors (Lipinski definition) is 3. The van der Waals surface area contributed by atoms with Gasteiger partial charge in [0, 0.05) is 12.6 Å². The molecule has 2 aromatic carbocycles. The van der Waals surface area contributed by atoms with E-state index in [2.05, 4.69) is 34.5 Å². The molecule has 122 valence electrons. The molecule has 3 rings (SSSR count). The zero-order valence-electron chi connectivity index (χ0n) is 14.0. The molecule has 1 amide bonds. The molecule has 4 heteroatoms. The molecule has 1 fully saturated rings. The molecule has 0 heterocycles. The zero-order valence-corrected chi connectivity index (χ0v) is 14.0. The van der Waals surface area contributed by atoms with Crippen molar-refractivity contribution < 1.29 is 9.53 Å². The molecule has 0 radical (unpaired) electrons. The lowest BCUT2D eigenvalue weighted by molar-refractivity contribution is -0.125. The lowest BCUT2D eigenvalue weighted by Gasteiger charge is -2.24. The number of likely N-dealkylation sites (N-methyl/N-ethyl adjacent to an activating group) is 1. The number of amides is 1. The van der Waals surface area contributed by atoms with E-state index in [0.717, 1.165) is 30.5 Å². The normalized spacial score (nSPS) is 15.7. The monoisotopic (exact) mass is 312 g/mol. The van der Waals surface area contributed by atoms with Crippen LogP contribution in [0.2, 0.25) is 0 Å². The summed E-state index contributed by atoms with van der Waals surface area (Å²) in [6, 6.07) is 12.8. The number of methoxy groups -OCH3 is 1. The van der Waals surface area contributed by atoms with Gasteiger partial charge >= 0.3 is 0 Å². The molecule has 4 nitrogen and oxygen atoms in total. The van der Waals surface area contributed by atoms with Crippen LogP contribution < -0.4 is 10.1 Å². The summed E-state index contributed by atoms with van der Waals surface area (Å²) >= 11 is 0. The first kappa shape index (κ1) is 15.8. The molecule has 0 saturated heterocycles. The number of nitrogens with one attached hydrogen (secondary N) is 1. The topological polar surface area (TPSA) is 41.6 Å². The fourth-order valence-electron chi connectivity index (χ4n) is 2.67. The fourth-order valence-corrected chi connectivity index (χ4v) is 2.67. The largest absolute Gasteiger partial charge is 0.497 e. The number of hydrogen-bond donors (Lipinski definition) is 1. The number of nitrogens with zero attached hydrogens (tertiary/aromatic N) is 1. The van der Waals surface area contributed by atoms with Crippen molar-refractivity contribution >= 4 is 16.7 Å². The van der Waals surface area contributed by atoms with Crippen molar-refractivity contribution in [3.8, 4) is 5.75 Å². The van der Waals surface area contributed by atoms with Crippen LogP contribution in [0.5, 0.6) is 5.75 Å². The van der Waals surface area contributed by atoms with Crippen molar-refractivity contribution in [2.45, 2.75) is 38.4 Å². The van der Waals surface area contributed by atoms with Gasteiger partial charge in [-0.3, -0.25) is 9.69 Å². The SMILES string of the molecule is COc1ccc2cc(CN(C)[C@H](C)C(=O)NC3CC3)ccc2c1. The highest BCUT2D eigenvalue weighted by Gasteiger charge is 2.27. The van der Waals surface area contributed by atoms with Crippen molar-refractivity contribution in [3.05, 3.63) is 42.0 Å². The molecule has 1 atom stereocenters. The summed E-state index contributed by atoms with van der Waals surface area (Å²) in [4.78, 5) is 14.2. The molecule has 2 aromatic rings. The summed E-state index contributed by atoms with van der Waals surface area (Å²) in [6.07, 6.45) is 2.24. The van der Waals surface area contributed by atoms with Gasteiger partial charge in [-0.25, -0.2) is 0 Å². The molecule has 0 unspecified atom stereocenters. The molecule has 1 aliphatic rings. The van der Waals surface area contributed by atoms with Gasteiger partial charge in [0.25, 0.3) is 0 Å². The van der Waals surface area contributed by atoms with Crippen LogP contribution in [0.15, 0.2) is 36.4 Å². The van der Waals surface area contributed by atoms with Crippen molar-refractivity contribution in [2.24, 2.45) is 0 Å². The highest BCUT2D eigenvalue weighted by atomic mass is 16.5. The quantitative estimate of drug-likeness (QED) is 0.891. The molecule has 0 spiro atoms. The summed E-state index contributed by atoms with van der Waals surface area (Å²) in [5.74, 6) is 0.994. The first-order valence-electron chi connectivity index (χ1n) is 8.14.